The van der Waals surface area contributed by atoms with E-state index in [-0.39, 0.29) is 12.5 Å². The minimum Gasteiger partial charge on any atom is -0.373 e. The van der Waals surface area contributed by atoms with E-state index >= 15 is 0 Å². The molecule has 0 saturated carbocycles. The van der Waals surface area contributed by atoms with Crippen LogP contribution < -0.4 is 11.1 Å². The lowest BCUT2D eigenvalue weighted by Gasteiger charge is -2.05. The van der Waals surface area contributed by atoms with Gasteiger partial charge in [-0.25, -0.2) is 4.98 Å². The van der Waals surface area contributed by atoms with Crippen molar-refractivity contribution in [2.45, 2.75) is 6.92 Å². The van der Waals surface area contributed by atoms with Crippen molar-refractivity contribution in [3.05, 3.63) is 12.0 Å². The van der Waals surface area contributed by atoms with Crippen molar-refractivity contribution in [3.8, 4) is 0 Å². The van der Waals surface area contributed by atoms with Crippen molar-refractivity contribution in [2.75, 3.05) is 18.9 Å². The molecule has 1 rings (SSSR count). The van der Waals surface area contributed by atoms with Gasteiger partial charge in [-0.05, 0) is 6.92 Å². The molecular formula is C7H12N4O. The number of nitrogens with zero attached hydrogens (tertiary/aromatic N) is 2. The summed E-state index contributed by atoms with van der Waals surface area (Å²) in [4.78, 5) is 15.2. The Morgan fingerprint density at radius 2 is 2.50 bits per heavy atom. The summed E-state index contributed by atoms with van der Waals surface area (Å²) in [7, 11) is 1.73. The Hall–Kier alpha value is -1.36. The summed E-state index contributed by atoms with van der Waals surface area (Å²) in [5.41, 5.74) is 5.23. The van der Waals surface area contributed by atoms with Crippen molar-refractivity contribution < 1.29 is 4.79 Å². The molecule has 0 aliphatic carbocycles. The molecule has 0 aromatic carbocycles. The highest BCUT2D eigenvalue weighted by atomic mass is 16.2. The molecule has 0 unspecified atom stereocenters. The van der Waals surface area contributed by atoms with E-state index in [1.807, 2.05) is 0 Å². The van der Waals surface area contributed by atoms with Crippen molar-refractivity contribution in [1.82, 2.24) is 9.55 Å². The van der Waals surface area contributed by atoms with E-state index in [4.69, 9.17) is 5.73 Å². The van der Waals surface area contributed by atoms with E-state index in [2.05, 4.69) is 10.3 Å². The minimum absolute atomic E-state index is 0.00806. The zero-order valence-electron chi connectivity index (χ0n) is 7.16. The second-order valence-corrected chi connectivity index (χ2v) is 2.37. The van der Waals surface area contributed by atoms with Gasteiger partial charge in [-0.15, -0.1) is 0 Å². The molecule has 0 bridgehead atoms. The van der Waals surface area contributed by atoms with Gasteiger partial charge in [0.25, 0.3) is 0 Å². The summed E-state index contributed by atoms with van der Waals surface area (Å²) in [6, 6.07) is 0. The van der Waals surface area contributed by atoms with Crippen LogP contribution in [0, 0.1) is 6.92 Å². The lowest BCUT2D eigenvalue weighted by atomic mass is 10.5. The first-order valence-corrected chi connectivity index (χ1v) is 3.66. The summed E-state index contributed by atoms with van der Waals surface area (Å²) in [5, 5.41) is 2.86. The molecule has 0 atom stereocenters. The highest BCUT2D eigenvalue weighted by Gasteiger charge is 2.10. The maximum atomic E-state index is 11.2. The van der Waals surface area contributed by atoms with Crippen LogP contribution >= 0.6 is 0 Å². The fraction of sp³-hybridized carbons (Fsp3) is 0.429. The average molecular weight is 168 g/mol. The normalized spacial score (nSPS) is 9.92. The highest BCUT2D eigenvalue weighted by Crippen LogP contribution is 2.08. The number of aryl methyl sites for hydroxylation is 1. The van der Waals surface area contributed by atoms with E-state index in [1.165, 1.54) is 4.57 Å². The van der Waals surface area contributed by atoms with Gasteiger partial charge >= 0.3 is 0 Å². The van der Waals surface area contributed by atoms with Gasteiger partial charge in [0, 0.05) is 7.05 Å². The quantitative estimate of drug-likeness (QED) is 0.643. The van der Waals surface area contributed by atoms with Crippen LogP contribution in [0.4, 0.5) is 5.82 Å². The Labute approximate surface area is 70.6 Å². The van der Waals surface area contributed by atoms with Crippen molar-refractivity contribution in [2.24, 2.45) is 5.73 Å². The molecule has 0 radical (unpaired) electrons. The number of carbonyl (C=O) groups excluding carboxylic acids is 1. The van der Waals surface area contributed by atoms with E-state index in [0.717, 1.165) is 0 Å². The van der Waals surface area contributed by atoms with Crippen LogP contribution in [-0.4, -0.2) is 29.1 Å². The van der Waals surface area contributed by atoms with Gasteiger partial charge in [-0.1, -0.05) is 0 Å². The maximum absolute atomic E-state index is 11.2. The molecule has 1 aromatic heterocycles. The summed E-state index contributed by atoms with van der Waals surface area (Å²) in [6.07, 6.45) is 1.60. The van der Waals surface area contributed by atoms with Gasteiger partial charge in [0.05, 0.1) is 12.7 Å². The fourth-order valence-electron chi connectivity index (χ4n) is 1.03. The average Bonchev–Trinajstić information content (AvgIpc) is 2.45. The van der Waals surface area contributed by atoms with Crippen LogP contribution in [0.2, 0.25) is 0 Å². The predicted octanol–water partition coefficient (Wildman–Crippen LogP) is -0.168. The number of hydrogen-bond acceptors (Lipinski definition) is 4. The van der Waals surface area contributed by atoms with Crippen molar-refractivity contribution in [1.29, 1.82) is 0 Å². The molecule has 0 aliphatic rings. The van der Waals surface area contributed by atoms with Crippen LogP contribution in [0.15, 0.2) is 6.20 Å². The number of imidazole rings is 1. The molecule has 0 spiro atoms. The van der Waals surface area contributed by atoms with Crippen LogP contribution in [0.25, 0.3) is 0 Å². The number of hydrogen-bond donors (Lipinski definition) is 2. The Morgan fingerprint density at radius 3 is 3.00 bits per heavy atom. The third-order valence-electron chi connectivity index (χ3n) is 1.62. The van der Waals surface area contributed by atoms with Crippen LogP contribution in [-0.2, 0) is 0 Å². The standard InChI is InChI=1S/C7H12N4O/c1-5-10-4-6(9-2)11(5)7(12)3-8/h4,9H,3,8H2,1-2H3. The second-order valence-electron chi connectivity index (χ2n) is 2.37. The Morgan fingerprint density at radius 1 is 1.83 bits per heavy atom. The van der Waals surface area contributed by atoms with E-state index < -0.39 is 0 Å². The first-order valence-electron chi connectivity index (χ1n) is 3.66. The number of aromatic nitrogens is 2. The maximum Gasteiger partial charge on any atom is 0.247 e. The summed E-state index contributed by atoms with van der Waals surface area (Å²) < 4.78 is 1.46. The number of nitrogens with two attached hydrogens (primary N) is 1. The van der Waals surface area contributed by atoms with E-state index in [0.29, 0.717) is 11.6 Å². The Balaban J connectivity index is 3.10. The molecule has 0 amide bonds. The molecule has 1 heterocycles. The van der Waals surface area contributed by atoms with E-state index in [1.54, 1.807) is 20.2 Å². The van der Waals surface area contributed by atoms with Crippen molar-refractivity contribution in [3.63, 3.8) is 0 Å². The monoisotopic (exact) mass is 168 g/mol. The molecule has 0 aliphatic heterocycles. The van der Waals surface area contributed by atoms with Gasteiger partial charge < -0.3 is 11.1 Å². The molecule has 5 nitrogen and oxygen atoms in total. The first-order chi connectivity index (χ1) is 5.70. The van der Waals surface area contributed by atoms with Crippen LogP contribution in [0.3, 0.4) is 0 Å². The molecule has 12 heavy (non-hydrogen) atoms. The second kappa shape index (κ2) is 3.36. The lowest BCUT2D eigenvalue weighted by Crippen LogP contribution is -2.23. The van der Waals surface area contributed by atoms with Crippen LogP contribution in [0.1, 0.15) is 10.6 Å². The SMILES string of the molecule is CNc1cnc(C)n1C(=O)CN. The van der Waals surface area contributed by atoms with Gasteiger partial charge in [0.2, 0.25) is 5.91 Å². The number of anilines is 1. The summed E-state index contributed by atoms with van der Waals surface area (Å²) >= 11 is 0. The largest absolute Gasteiger partial charge is 0.373 e. The zero-order chi connectivity index (χ0) is 9.14. The van der Waals surface area contributed by atoms with Gasteiger partial charge in [-0.2, -0.15) is 0 Å². The fourth-order valence-corrected chi connectivity index (χ4v) is 1.03. The molecule has 0 saturated heterocycles. The molecule has 1 aromatic rings. The van der Waals surface area contributed by atoms with Gasteiger partial charge in [0.1, 0.15) is 11.6 Å². The summed E-state index contributed by atoms with van der Waals surface area (Å²) in [6.45, 7) is 1.75. The third kappa shape index (κ3) is 1.31. The number of nitrogens with one attached hydrogen (secondary N) is 1. The van der Waals surface area contributed by atoms with Crippen LogP contribution in [0.5, 0.6) is 0 Å². The Bertz CT molecular complexity index is 292. The molecule has 0 fully saturated rings. The van der Waals surface area contributed by atoms with E-state index in [9.17, 15) is 4.79 Å². The number of rotatable bonds is 2. The highest BCUT2D eigenvalue weighted by molar-refractivity contribution is 5.84. The molecular weight excluding hydrogens is 156 g/mol. The number of carbonyl (C=O) groups is 1. The van der Waals surface area contributed by atoms with Crippen molar-refractivity contribution >= 4 is 11.7 Å². The van der Waals surface area contributed by atoms with Gasteiger partial charge in [0.15, 0.2) is 0 Å². The minimum atomic E-state index is -0.158. The zero-order valence-corrected chi connectivity index (χ0v) is 7.16. The summed E-state index contributed by atoms with van der Waals surface area (Å²) in [5.74, 6) is 1.16. The topological polar surface area (TPSA) is 72.9 Å². The molecule has 5 heteroatoms. The molecule has 66 valence electrons. The first kappa shape index (κ1) is 8.73. The Kier molecular flexibility index (Phi) is 2.44. The predicted molar refractivity (Wildman–Crippen MR) is 46.2 cm³/mol. The lowest BCUT2D eigenvalue weighted by molar-refractivity contribution is 0.0923. The third-order valence-corrected chi connectivity index (χ3v) is 1.62. The molecule has 3 N–H and O–H groups in total. The van der Waals surface area contributed by atoms with Gasteiger partial charge in [-0.3, -0.25) is 9.36 Å². The smallest absolute Gasteiger partial charge is 0.247 e.